The SMILES string of the molecule is C[C@@H]1CN(C)CCN1CC(=O)NCC1(c2ccccc2)CCC1. The van der Waals surface area contributed by atoms with E-state index in [-0.39, 0.29) is 11.3 Å². The second kappa shape index (κ2) is 7.02. The van der Waals surface area contributed by atoms with E-state index < -0.39 is 0 Å². The third-order valence-electron chi connectivity index (χ3n) is 5.64. The minimum Gasteiger partial charge on any atom is -0.354 e. The maximum Gasteiger partial charge on any atom is 0.234 e. The van der Waals surface area contributed by atoms with Crippen LogP contribution in [0.3, 0.4) is 0 Å². The van der Waals surface area contributed by atoms with Crippen LogP contribution in [-0.2, 0) is 10.2 Å². The smallest absolute Gasteiger partial charge is 0.234 e. The molecule has 1 aromatic rings. The molecule has 1 heterocycles. The molecule has 23 heavy (non-hydrogen) atoms. The Kier molecular flexibility index (Phi) is 5.02. The highest BCUT2D eigenvalue weighted by Gasteiger charge is 2.38. The van der Waals surface area contributed by atoms with E-state index in [2.05, 4.69) is 59.4 Å². The van der Waals surface area contributed by atoms with Gasteiger partial charge in [-0.25, -0.2) is 0 Å². The molecule has 0 unspecified atom stereocenters. The summed E-state index contributed by atoms with van der Waals surface area (Å²) in [6.07, 6.45) is 3.63. The number of hydrogen-bond donors (Lipinski definition) is 1. The van der Waals surface area contributed by atoms with Crippen molar-refractivity contribution in [3.63, 3.8) is 0 Å². The summed E-state index contributed by atoms with van der Waals surface area (Å²) in [6.45, 7) is 6.58. The molecule has 1 amide bonds. The van der Waals surface area contributed by atoms with Crippen LogP contribution in [-0.4, -0.2) is 61.5 Å². The molecule has 2 aliphatic rings. The van der Waals surface area contributed by atoms with Gasteiger partial charge in [-0.2, -0.15) is 0 Å². The number of likely N-dealkylation sites (N-methyl/N-ethyl adjacent to an activating group) is 1. The Morgan fingerprint density at radius 2 is 2.00 bits per heavy atom. The van der Waals surface area contributed by atoms with E-state index >= 15 is 0 Å². The van der Waals surface area contributed by atoms with Crippen LogP contribution in [0.2, 0.25) is 0 Å². The fourth-order valence-electron chi connectivity index (χ4n) is 3.88. The quantitative estimate of drug-likeness (QED) is 0.901. The average molecular weight is 315 g/mol. The number of rotatable bonds is 5. The van der Waals surface area contributed by atoms with Crippen LogP contribution in [0, 0.1) is 0 Å². The molecule has 1 N–H and O–H groups in total. The van der Waals surface area contributed by atoms with Crippen molar-refractivity contribution in [1.82, 2.24) is 15.1 Å². The fraction of sp³-hybridized carbons (Fsp3) is 0.632. The molecule has 1 aliphatic carbocycles. The molecule has 4 nitrogen and oxygen atoms in total. The van der Waals surface area contributed by atoms with Crippen molar-refractivity contribution in [2.45, 2.75) is 37.6 Å². The van der Waals surface area contributed by atoms with Crippen molar-refractivity contribution in [3.05, 3.63) is 35.9 Å². The molecule has 0 bridgehead atoms. The molecule has 4 heteroatoms. The summed E-state index contributed by atoms with van der Waals surface area (Å²) in [5.74, 6) is 0.170. The first-order valence-corrected chi connectivity index (χ1v) is 8.84. The van der Waals surface area contributed by atoms with Crippen molar-refractivity contribution < 1.29 is 4.79 Å². The number of benzene rings is 1. The third kappa shape index (κ3) is 3.75. The summed E-state index contributed by atoms with van der Waals surface area (Å²) >= 11 is 0. The first-order valence-electron chi connectivity index (χ1n) is 8.84. The molecule has 126 valence electrons. The number of hydrogen-bond acceptors (Lipinski definition) is 3. The van der Waals surface area contributed by atoms with Gasteiger partial charge in [-0.1, -0.05) is 36.8 Å². The van der Waals surface area contributed by atoms with Gasteiger partial charge in [0.05, 0.1) is 6.54 Å². The van der Waals surface area contributed by atoms with E-state index in [1.54, 1.807) is 0 Å². The van der Waals surface area contributed by atoms with Gasteiger partial charge in [0.25, 0.3) is 0 Å². The van der Waals surface area contributed by atoms with Gasteiger partial charge in [-0.05, 0) is 32.4 Å². The molecule has 3 rings (SSSR count). The molecule has 1 saturated carbocycles. The Labute approximate surface area is 139 Å². The minimum absolute atomic E-state index is 0.170. The number of carbonyl (C=O) groups is 1. The molecule has 1 aromatic carbocycles. The van der Waals surface area contributed by atoms with Crippen LogP contribution < -0.4 is 5.32 Å². The summed E-state index contributed by atoms with van der Waals surface area (Å²) < 4.78 is 0. The lowest BCUT2D eigenvalue weighted by Gasteiger charge is -2.43. The number of piperazine rings is 1. The lowest BCUT2D eigenvalue weighted by atomic mass is 9.64. The van der Waals surface area contributed by atoms with Gasteiger partial charge in [0, 0.05) is 37.6 Å². The predicted molar refractivity (Wildman–Crippen MR) is 93.5 cm³/mol. The summed E-state index contributed by atoms with van der Waals surface area (Å²) in [4.78, 5) is 17.0. The highest BCUT2D eigenvalue weighted by molar-refractivity contribution is 5.78. The lowest BCUT2D eigenvalue weighted by molar-refractivity contribution is -0.123. The number of nitrogens with zero attached hydrogens (tertiary/aromatic N) is 2. The molecule has 2 fully saturated rings. The molecular weight excluding hydrogens is 286 g/mol. The molecule has 0 aromatic heterocycles. The van der Waals surface area contributed by atoms with Gasteiger partial charge in [-0.3, -0.25) is 9.69 Å². The largest absolute Gasteiger partial charge is 0.354 e. The standard InChI is InChI=1S/C19H29N3O/c1-16-13-21(2)11-12-22(16)14-18(23)20-15-19(9-6-10-19)17-7-4-3-5-8-17/h3-5,7-8,16H,6,9-15H2,1-2H3,(H,20,23)/t16-/m1/s1. The van der Waals surface area contributed by atoms with Crippen molar-refractivity contribution >= 4 is 5.91 Å². The Balaban J connectivity index is 1.52. The summed E-state index contributed by atoms with van der Waals surface area (Å²) in [5, 5.41) is 3.21. The normalized spacial score (nSPS) is 24.9. The molecule has 1 aliphatic heterocycles. The van der Waals surface area contributed by atoms with E-state index in [1.807, 2.05) is 0 Å². The molecule has 1 saturated heterocycles. The Hall–Kier alpha value is -1.39. The van der Waals surface area contributed by atoms with Crippen LogP contribution in [0.1, 0.15) is 31.7 Å². The van der Waals surface area contributed by atoms with Crippen LogP contribution in [0.5, 0.6) is 0 Å². The first-order chi connectivity index (χ1) is 11.1. The van der Waals surface area contributed by atoms with Crippen molar-refractivity contribution in [3.8, 4) is 0 Å². The summed E-state index contributed by atoms with van der Waals surface area (Å²) in [5.41, 5.74) is 1.55. The van der Waals surface area contributed by atoms with Gasteiger partial charge in [0.1, 0.15) is 0 Å². The van der Waals surface area contributed by atoms with E-state index in [0.29, 0.717) is 12.6 Å². The second-order valence-corrected chi connectivity index (χ2v) is 7.36. The van der Waals surface area contributed by atoms with Gasteiger partial charge in [-0.15, -0.1) is 0 Å². The minimum atomic E-state index is 0.170. The molecule has 1 atom stereocenters. The maximum absolute atomic E-state index is 12.4. The zero-order valence-electron chi connectivity index (χ0n) is 14.4. The fourth-order valence-corrected chi connectivity index (χ4v) is 3.88. The number of nitrogens with one attached hydrogen (secondary N) is 1. The van der Waals surface area contributed by atoms with Crippen molar-refractivity contribution in [2.75, 3.05) is 39.8 Å². The summed E-state index contributed by atoms with van der Waals surface area (Å²) in [6, 6.07) is 11.1. The van der Waals surface area contributed by atoms with Gasteiger partial charge >= 0.3 is 0 Å². The zero-order valence-corrected chi connectivity index (χ0v) is 14.4. The number of carbonyl (C=O) groups excluding carboxylic acids is 1. The van der Waals surface area contributed by atoms with Gasteiger partial charge in [0.2, 0.25) is 5.91 Å². The monoisotopic (exact) mass is 315 g/mol. The van der Waals surface area contributed by atoms with Crippen LogP contribution in [0.4, 0.5) is 0 Å². The highest BCUT2D eigenvalue weighted by Crippen LogP contribution is 2.43. The number of amides is 1. The Bertz CT molecular complexity index is 527. The molecule has 0 radical (unpaired) electrons. The molecular formula is C19H29N3O. The van der Waals surface area contributed by atoms with Gasteiger partial charge < -0.3 is 10.2 Å². The second-order valence-electron chi connectivity index (χ2n) is 7.36. The third-order valence-corrected chi connectivity index (χ3v) is 5.64. The Morgan fingerprint density at radius 3 is 2.61 bits per heavy atom. The lowest BCUT2D eigenvalue weighted by Crippen LogP contribution is -2.54. The van der Waals surface area contributed by atoms with Crippen LogP contribution >= 0.6 is 0 Å². The predicted octanol–water partition coefficient (Wildman–Crippen LogP) is 1.86. The molecule has 0 spiro atoms. The Morgan fingerprint density at radius 1 is 1.26 bits per heavy atom. The maximum atomic E-state index is 12.4. The highest BCUT2D eigenvalue weighted by atomic mass is 16.2. The van der Waals surface area contributed by atoms with Crippen molar-refractivity contribution in [1.29, 1.82) is 0 Å². The topological polar surface area (TPSA) is 35.6 Å². The zero-order chi connectivity index (χ0) is 16.3. The van der Waals surface area contributed by atoms with Crippen molar-refractivity contribution in [2.24, 2.45) is 0 Å². The van der Waals surface area contributed by atoms with Crippen LogP contribution in [0.15, 0.2) is 30.3 Å². The van der Waals surface area contributed by atoms with E-state index in [1.165, 1.54) is 24.8 Å². The van der Waals surface area contributed by atoms with Gasteiger partial charge in [0.15, 0.2) is 0 Å². The van der Waals surface area contributed by atoms with Crippen LogP contribution in [0.25, 0.3) is 0 Å². The first kappa shape index (κ1) is 16.5. The average Bonchev–Trinajstić information content (AvgIpc) is 2.50. The van der Waals surface area contributed by atoms with E-state index in [4.69, 9.17) is 0 Å². The van der Waals surface area contributed by atoms with E-state index in [9.17, 15) is 4.79 Å². The summed E-state index contributed by atoms with van der Waals surface area (Å²) in [7, 11) is 2.15. The van der Waals surface area contributed by atoms with E-state index in [0.717, 1.165) is 26.2 Å².